The van der Waals surface area contributed by atoms with Crippen LogP contribution in [0.3, 0.4) is 0 Å². The normalized spacial score (nSPS) is 10.6. The van der Waals surface area contributed by atoms with E-state index in [-0.39, 0.29) is 5.91 Å². The van der Waals surface area contributed by atoms with Gasteiger partial charge in [0.15, 0.2) is 0 Å². The molecule has 20 heavy (non-hydrogen) atoms. The number of benzene rings is 1. The van der Waals surface area contributed by atoms with Gasteiger partial charge in [-0.25, -0.2) is 5.84 Å². The summed E-state index contributed by atoms with van der Waals surface area (Å²) in [6.45, 7) is 1.97. The van der Waals surface area contributed by atoms with Gasteiger partial charge in [0, 0.05) is 22.8 Å². The topological polar surface area (TPSA) is 72.9 Å². The van der Waals surface area contributed by atoms with Crippen molar-refractivity contribution in [2.75, 3.05) is 0 Å². The van der Waals surface area contributed by atoms with Crippen LogP contribution in [0.2, 0.25) is 0 Å². The lowest BCUT2D eigenvalue weighted by atomic mass is 10.1. The Hall–Kier alpha value is -1.31. The molecule has 106 valence electrons. The predicted molar refractivity (Wildman–Crippen MR) is 83.3 cm³/mol. The van der Waals surface area contributed by atoms with Gasteiger partial charge in [0.2, 0.25) is 0 Å². The maximum absolute atomic E-state index is 11.4. The second-order valence-electron chi connectivity index (χ2n) is 4.32. The Morgan fingerprint density at radius 2 is 2.25 bits per heavy atom. The highest BCUT2D eigenvalue weighted by molar-refractivity contribution is 9.10. The van der Waals surface area contributed by atoms with E-state index in [4.69, 9.17) is 5.84 Å². The van der Waals surface area contributed by atoms with Crippen LogP contribution in [0.25, 0.3) is 0 Å². The third-order valence-electron chi connectivity index (χ3n) is 2.78. The summed E-state index contributed by atoms with van der Waals surface area (Å²) in [6, 6.07) is 7.50. The Labute approximate surface area is 130 Å². The van der Waals surface area contributed by atoms with Crippen LogP contribution in [-0.2, 0) is 12.8 Å². The molecule has 0 fully saturated rings. The number of hydrogen-bond donors (Lipinski definition) is 2. The SMILES string of the molecule is Cc1cc(SCc2ccc(C(=O)NN)cc2Br)n(C)n1. The molecular weight excluding hydrogens is 340 g/mol. The largest absolute Gasteiger partial charge is 0.290 e. The lowest BCUT2D eigenvalue weighted by molar-refractivity contribution is 0.0953. The summed E-state index contributed by atoms with van der Waals surface area (Å²) in [5.74, 6) is 5.61. The summed E-state index contributed by atoms with van der Waals surface area (Å²) < 4.78 is 2.76. The number of nitrogens with one attached hydrogen (secondary N) is 1. The van der Waals surface area contributed by atoms with Crippen molar-refractivity contribution in [3.63, 3.8) is 0 Å². The van der Waals surface area contributed by atoms with Crippen LogP contribution in [0.1, 0.15) is 21.6 Å². The number of aromatic nitrogens is 2. The fraction of sp³-hybridized carbons (Fsp3) is 0.231. The van der Waals surface area contributed by atoms with Crippen LogP contribution in [0.5, 0.6) is 0 Å². The van der Waals surface area contributed by atoms with Gasteiger partial charge in [-0.05, 0) is 30.7 Å². The molecule has 1 aromatic carbocycles. The number of halogens is 1. The first-order valence-electron chi connectivity index (χ1n) is 5.94. The lowest BCUT2D eigenvalue weighted by Crippen LogP contribution is -2.29. The molecule has 1 amide bonds. The molecule has 7 heteroatoms. The van der Waals surface area contributed by atoms with Gasteiger partial charge in [-0.3, -0.25) is 14.9 Å². The predicted octanol–water partition coefficient (Wildman–Crippen LogP) is 2.39. The highest BCUT2D eigenvalue weighted by atomic mass is 79.9. The quantitative estimate of drug-likeness (QED) is 0.382. The number of nitrogens with zero attached hydrogens (tertiary/aromatic N) is 2. The Balaban J connectivity index is 2.10. The van der Waals surface area contributed by atoms with Crippen molar-refractivity contribution in [3.05, 3.63) is 45.6 Å². The molecule has 2 aromatic rings. The van der Waals surface area contributed by atoms with E-state index in [2.05, 4.69) is 32.5 Å². The highest BCUT2D eigenvalue weighted by Gasteiger charge is 2.09. The second-order valence-corrected chi connectivity index (χ2v) is 6.17. The van der Waals surface area contributed by atoms with Crippen molar-refractivity contribution in [1.82, 2.24) is 15.2 Å². The van der Waals surface area contributed by atoms with Gasteiger partial charge in [0.05, 0.1) is 10.7 Å². The smallest absolute Gasteiger partial charge is 0.265 e. The van der Waals surface area contributed by atoms with Crippen LogP contribution in [0.4, 0.5) is 0 Å². The molecule has 0 aliphatic heterocycles. The summed E-state index contributed by atoms with van der Waals surface area (Å²) in [5, 5.41) is 5.42. The average molecular weight is 355 g/mol. The maximum atomic E-state index is 11.4. The maximum Gasteiger partial charge on any atom is 0.265 e. The van der Waals surface area contributed by atoms with Gasteiger partial charge in [-0.1, -0.05) is 22.0 Å². The average Bonchev–Trinajstić information content (AvgIpc) is 2.74. The third kappa shape index (κ3) is 3.41. The van der Waals surface area contributed by atoms with Crippen molar-refractivity contribution in [3.8, 4) is 0 Å². The van der Waals surface area contributed by atoms with Gasteiger partial charge in [0.25, 0.3) is 5.91 Å². The number of nitrogens with two attached hydrogens (primary N) is 1. The molecule has 5 nitrogen and oxygen atoms in total. The van der Waals surface area contributed by atoms with Crippen LogP contribution in [-0.4, -0.2) is 15.7 Å². The monoisotopic (exact) mass is 354 g/mol. The number of aryl methyl sites for hydroxylation is 2. The van der Waals surface area contributed by atoms with Crippen molar-refractivity contribution in [2.45, 2.75) is 17.7 Å². The number of thioether (sulfide) groups is 1. The summed E-state index contributed by atoms with van der Waals surface area (Å²) >= 11 is 5.19. The van der Waals surface area contributed by atoms with Gasteiger partial charge < -0.3 is 0 Å². The van der Waals surface area contributed by atoms with E-state index < -0.39 is 0 Å². The fourth-order valence-electron chi connectivity index (χ4n) is 1.76. The van der Waals surface area contributed by atoms with E-state index in [1.165, 1.54) is 0 Å². The number of amides is 1. The summed E-state index contributed by atoms with van der Waals surface area (Å²) in [5.41, 5.74) is 4.77. The Morgan fingerprint density at radius 3 is 2.80 bits per heavy atom. The highest BCUT2D eigenvalue weighted by Crippen LogP contribution is 2.27. The first kappa shape index (κ1) is 15.1. The van der Waals surface area contributed by atoms with Gasteiger partial charge in [-0.15, -0.1) is 11.8 Å². The van der Waals surface area contributed by atoms with Gasteiger partial charge >= 0.3 is 0 Å². The fourth-order valence-corrected chi connectivity index (χ4v) is 3.50. The van der Waals surface area contributed by atoms with Crippen LogP contribution < -0.4 is 11.3 Å². The molecule has 0 atom stereocenters. The number of carbonyl (C=O) groups excluding carboxylic acids is 1. The minimum atomic E-state index is -0.299. The van der Waals surface area contributed by atoms with E-state index in [0.717, 1.165) is 26.5 Å². The molecule has 1 heterocycles. The molecule has 0 spiro atoms. The van der Waals surface area contributed by atoms with Crippen LogP contribution >= 0.6 is 27.7 Å². The van der Waals surface area contributed by atoms with Gasteiger partial charge in [-0.2, -0.15) is 5.10 Å². The molecule has 1 aromatic heterocycles. The molecule has 0 unspecified atom stereocenters. The van der Waals surface area contributed by atoms with Crippen LogP contribution in [0, 0.1) is 6.92 Å². The number of rotatable bonds is 4. The van der Waals surface area contributed by atoms with Crippen molar-refractivity contribution < 1.29 is 4.79 Å². The summed E-state index contributed by atoms with van der Waals surface area (Å²) in [4.78, 5) is 11.4. The molecule has 0 aliphatic rings. The molecule has 2 rings (SSSR count). The Kier molecular flexibility index (Phi) is 4.85. The zero-order valence-electron chi connectivity index (χ0n) is 11.2. The standard InChI is InChI=1S/C13H15BrN4OS/c1-8-5-12(18(2)17-8)20-7-10-4-3-9(6-11(10)14)13(19)16-15/h3-6H,7,15H2,1-2H3,(H,16,19). The number of nitrogen functional groups attached to an aromatic ring is 1. The summed E-state index contributed by atoms with van der Waals surface area (Å²) in [7, 11) is 1.93. The van der Waals surface area contributed by atoms with E-state index >= 15 is 0 Å². The minimum absolute atomic E-state index is 0.299. The first-order valence-corrected chi connectivity index (χ1v) is 7.72. The van der Waals surface area contributed by atoms with Crippen molar-refractivity contribution in [2.24, 2.45) is 12.9 Å². The van der Waals surface area contributed by atoms with Crippen molar-refractivity contribution >= 4 is 33.6 Å². The zero-order valence-corrected chi connectivity index (χ0v) is 13.6. The van der Waals surface area contributed by atoms with E-state index in [1.807, 2.05) is 24.7 Å². The van der Waals surface area contributed by atoms with E-state index in [1.54, 1.807) is 23.9 Å². The number of carbonyl (C=O) groups is 1. The molecule has 0 bridgehead atoms. The van der Waals surface area contributed by atoms with Crippen molar-refractivity contribution in [1.29, 1.82) is 0 Å². The molecule has 0 saturated carbocycles. The lowest BCUT2D eigenvalue weighted by Gasteiger charge is -2.07. The summed E-state index contributed by atoms with van der Waals surface area (Å²) in [6.07, 6.45) is 0. The third-order valence-corrected chi connectivity index (χ3v) is 4.65. The Morgan fingerprint density at radius 1 is 1.50 bits per heavy atom. The number of hydrazine groups is 1. The molecule has 0 radical (unpaired) electrons. The Bertz CT molecular complexity index is 641. The minimum Gasteiger partial charge on any atom is -0.290 e. The molecule has 3 N–H and O–H groups in total. The van der Waals surface area contributed by atoms with Gasteiger partial charge in [0.1, 0.15) is 0 Å². The van der Waals surface area contributed by atoms with Crippen LogP contribution in [0.15, 0.2) is 33.8 Å². The second kappa shape index (κ2) is 6.43. The first-order chi connectivity index (χ1) is 9.51. The number of hydrogen-bond acceptors (Lipinski definition) is 4. The molecule has 0 aliphatic carbocycles. The molecular formula is C13H15BrN4OS. The van der Waals surface area contributed by atoms with E-state index in [0.29, 0.717) is 5.56 Å². The van der Waals surface area contributed by atoms with E-state index in [9.17, 15) is 4.79 Å². The molecule has 0 saturated heterocycles. The zero-order chi connectivity index (χ0) is 14.7.